The fourth-order valence-electron chi connectivity index (χ4n) is 4.24. The first-order chi connectivity index (χ1) is 19.7. The van der Waals surface area contributed by atoms with E-state index in [1.807, 2.05) is 0 Å². The van der Waals surface area contributed by atoms with Crippen molar-refractivity contribution >= 4 is 38.2 Å². The number of carbonyl (C=O) groups is 2. The highest BCUT2D eigenvalue weighted by Gasteiger charge is 2.37. The number of nitrogens with zero attached hydrogens (tertiary/aromatic N) is 1. The van der Waals surface area contributed by atoms with E-state index in [0.717, 1.165) is 11.3 Å². The minimum Gasteiger partial charge on any atom is -0.461 e. The lowest BCUT2D eigenvalue weighted by molar-refractivity contribution is -0.136. The van der Waals surface area contributed by atoms with Gasteiger partial charge in [-0.05, 0) is 74.6 Å². The molecule has 10 nitrogen and oxygen atoms in total. The molecule has 3 aromatic rings. The Kier molecular flexibility index (Phi) is 8.97. The van der Waals surface area contributed by atoms with Crippen LogP contribution in [0, 0.1) is 5.82 Å². The second-order valence-electron chi connectivity index (χ2n) is 9.56. The molecule has 2 aliphatic rings. The SMILES string of the molecule is CCOC(=O)c1nc(NC(=O)C(OC2CCOCC2)c2ccc(S(=O)(=O)C3CC3)cc2)sc1Oc1ccc(F)cc1. The zero-order chi connectivity index (χ0) is 29.0. The summed E-state index contributed by atoms with van der Waals surface area (Å²) in [6.07, 6.45) is 1.15. The molecule has 5 rings (SSSR count). The Balaban J connectivity index is 1.40. The summed E-state index contributed by atoms with van der Waals surface area (Å²) < 4.78 is 61.1. The topological polar surface area (TPSA) is 130 Å². The van der Waals surface area contributed by atoms with Gasteiger partial charge in [-0.2, -0.15) is 0 Å². The van der Waals surface area contributed by atoms with Gasteiger partial charge in [-0.15, -0.1) is 0 Å². The van der Waals surface area contributed by atoms with Crippen LogP contribution in [0.2, 0.25) is 0 Å². The van der Waals surface area contributed by atoms with Crippen LogP contribution in [-0.4, -0.2) is 56.5 Å². The van der Waals surface area contributed by atoms with Gasteiger partial charge in [0.05, 0.1) is 22.9 Å². The number of rotatable bonds is 11. The molecule has 0 bridgehead atoms. The summed E-state index contributed by atoms with van der Waals surface area (Å²) in [4.78, 5) is 30.6. The second-order valence-corrected chi connectivity index (χ2v) is 12.8. The molecule has 1 aromatic heterocycles. The zero-order valence-electron chi connectivity index (χ0n) is 22.2. The number of ether oxygens (including phenoxy) is 4. The van der Waals surface area contributed by atoms with Gasteiger partial charge >= 0.3 is 5.97 Å². The number of benzene rings is 2. The number of sulfone groups is 1. The van der Waals surface area contributed by atoms with Crippen LogP contribution in [0.25, 0.3) is 0 Å². The number of carbonyl (C=O) groups excluding carboxylic acids is 2. The van der Waals surface area contributed by atoms with Gasteiger partial charge < -0.3 is 18.9 Å². The highest BCUT2D eigenvalue weighted by Crippen LogP contribution is 2.37. The molecular weight excluding hydrogens is 575 g/mol. The van der Waals surface area contributed by atoms with Crippen molar-refractivity contribution in [2.24, 2.45) is 0 Å². The number of esters is 1. The Hall–Kier alpha value is -3.39. The molecule has 13 heteroatoms. The molecule has 1 saturated carbocycles. The van der Waals surface area contributed by atoms with Crippen molar-refractivity contribution in [1.82, 2.24) is 4.98 Å². The molecule has 1 N–H and O–H groups in total. The number of anilines is 1. The van der Waals surface area contributed by atoms with E-state index in [9.17, 15) is 22.4 Å². The summed E-state index contributed by atoms with van der Waals surface area (Å²) in [5, 5.41) is 2.47. The predicted molar refractivity (Wildman–Crippen MR) is 147 cm³/mol. The Bertz CT molecular complexity index is 1480. The number of thiazole rings is 1. The first kappa shape index (κ1) is 29.1. The Morgan fingerprint density at radius 3 is 2.39 bits per heavy atom. The van der Waals surface area contributed by atoms with E-state index in [1.54, 1.807) is 19.1 Å². The summed E-state index contributed by atoms with van der Waals surface area (Å²) in [7, 11) is -3.39. The monoisotopic (exact) mass is 604 g/mol. The van der Waals surface area contributed by atoms with Crippen LogP contribution in [-0.2, 0) is 28.8 Å². The van der Waals surface area contributed by atoms with Gasteiger partial charge in [0, 0.05) is 13.2 Å². The van der Waals surface area contributed by atoms with Gasteiger partial charge in [0.1, 0.15) is 11.6 Å². The van der Waals surface area contributed by atoms with Gasteiger partial charge in [0.2, 0.25) is 10.8 Å². The number of halogens is 1. The van der Waals surface area contributed by atoms with E-state index < -0.39 is 33.6 Å². The van der Waals surface area contributed by atoms with Crippen LogP contribution in [0.15, 0.2) is 53.4 Å². The maximum atomic E-state index is 13.6. The van der Waals surface area contributed by atoms with E-state index in [-0.39, 0.29) is 44.5 Å². The maximum absolute atomic E-state index is 13.6. The molecule has 218 valence electrons. The number of aromatic nitrogens is 1. The van der Waals surface area contributed by atoms with E-state index in [0.29, 0.717) is 44.5 Å². The lowest BCUT2D eigenvalue weighted by atomic mass is 10.1. The predicted octanol–water partition coefficient (Wildman–Crippen LogP) is 5.06. The standard InChI is InChI=1S/C28H29FN2O8S2/c1-2-37-26(33)23-27(39-19-7-5-18(29)6-8-19)40-28(30-23)31-25(32)24(38-20-13-15-36-16-14-20)17-3-9-21(10-4-17)41(34,35)22-11-12-22/h3-10,20,22,24H,2,11-16H2,1H3,(H,30,31,32). The Labute approximate surface area is 240 Å². The summed E-state index contributed by atoms with van der Waals surface area (Å²) in [5.41, 5.74) is 0.321. The zero-order valence-corrected chi connectivity index (χ0v) is 23.8. The van der Waals surface area contributed by atoms with Crippen LogP contribution in [0.4, 0.5) is 9.52 Å². The third-order valence-electron chi connectivity index (χ3n) is 6.53. The molecule has 2 fully saturated rings. The van der Waals surface area contributed by atoms with Crippen molar-refractivity contribution < 1.29 is 41.3 Å². The largest absolute Gasteiger partial charge is 0.461 e. The maximum Gasteiger partial charge on any atom is 0.361 e. The quantitative estimate of drug-likeness (QED) is 0.298. The summed E-state index contributed by atoms with van der Waals surface area (Å²) in [5.74, 6) is -1.50. The molecule has 41 heavy (non-hydrogen) atoms. The van der Waals surface area contributed by atoms with Gasteiger partial charge in [-0.25, -0.2) is 22.6 Å². The smallest absolute Gasteiger partial charge is 0.361 e. The van der Waals surface area contributed by atoms with E-state index >= 15 is 0 Å². The lowest BCUT2D eigenvalue weighted by Gasteiger charge is -2.27. The molecule has 1 saturated heterocycles. The third kappa shape index (κ3) is 7.10. The average molecular weight is 605 g/mol. The van der Waals surface area contributed by atoms with Crippen LogP contribution in [0.3, 0.4) is 0 Å². The van der Waals surface area contributed by atoms with Crippen molar-refractivity contribution in [3.05, 3.63) is 65.6 Å². The minimum absolute atomic E-state index is 0.0573. The van der Waals surface area contributed by atoms with Crippen LogP contribution in [0.1, 0.15) is 54.8 Å². The Morgan fingerprint density at radius 2 is 1.76 bits per heavy atom. The number of amides is 1. The molecule has 1 atom stereocenters. The minimum atomic E-state index is -3.39. The number of hydrogen-bond donors (Lipinski definition) is 1. The van der Waals surface area contributed by atoms with Gasteiger partial charge in [0.25, 0.3) is 5.91 Å². The van der Waals surface area contributed by atoms with Crippen LogP contribution >= 0.6 is 11.3 Å². The van der Waals surface area contributed by atoms with E-state index in [1.165, 1.54) is 36.4 Å². The Morgan fingerprint density at radius 1 is 1.07 bits per heavy atom. The molecular formula is C28H29FN2O8S2. The van der Waals surface area contributed by atoms with Crippen molar-refractivity contribution in [3.63, 3.8) is 0 Å². The number of nitrogens with one attached hydrogen (secondary N) is 1. The first-order valence-corrected chi connectivity index (χ1v) is 15.6. The van der Waals surface area contributed by atoms with Gasteiger partial charge in [-0.1, -0.05) is 23.5 Å². The van der Waals surface area contributed by atoms with Crippen molar-refractivity contribution in [3.8, 4) is 10.8 Å². The van der Waals surface area contributed by atoms with Crippen molar-refractivity contribution in [2.45, 2.75) is 55.0 Å². The normalized spacial score (nSPS) is 16.6. The van der Waals surface area contributed by atoms with Crippen LogP contribution in [0.5, 0.6) is 10.8 Å². The van der Waals surface area contributed by atoms with Crippen molar-refractivity contribution in [2.75, 3.05) is 25.1 Å². The molecule has 0 spiro atoms. The lowest BCUT2D eigenvalue weighted by Crippen LogP contribution is -2.31. The summed E-state index contributed by atoms with van der Waals surface area (Å²) in [6, 6.07) is 11.4. The fourth-order valence-corrected chi connectivity index (χ4v) is 6.72. The molecule has 0 radical (unpaired) electrons. The van der Waals surface area contributed by atoms with E-state index in [4.69, 9.17) is 18.9 Å². The molecule has 1 amide bonds. The van der Waals surface area contributed by atoms with Gasteiger partial charge in [0.15, 0.2) is 21.1 Å². The van der Waals surface area contributed by atoms with Crippen molar-refractivity contribution in [1.29, 1.82) is 0 Å². The summed E-state index contributed by atoms with van der Waals surface area (Å²) >= 11 is 0.901. The third-order valence-corrected chi connectivity index (χ3v) is 9.66. The molecule has 1 aliphatic heterocycles. The van der Waals surface area contributed by atoms with Gasteiger partial charge in [-0.3, -0.25) is 10.1 Å². The van der Waals surface area contributed by atoms with E-state index in [2.05, 4.69) is 10.3 Å². The molecule has 2 heterocycles. The summed E-state index contributed by atoms with van der Waals surface area (Å²) in [6.45, 7) is 2.74. The highest BCUT2D eigenvalue weighted by molar-refractivity contribution is 7.92. The average Bonchev–Trinajstić information content (AvgIpc) is 3.76. The number of hydrogen-bond acceptors (Lipinski definition) is 10. The highest BCUT2D eigenvalue weighted by atomic mass is 32.2. The van der Waals surface area contributed by atoms with Crippen LogP contribution < -0.4 is 10.1 Å². The molecule has 2 aromatic carbocycles. The fraction of sp³-hybridized carbons (Fsp3) is 0.393. The second kappa shape index (κ2) is 12.6. The molecule has 1 unspecified atom stereocenters. The first-order valence-electron chi connectivity index (χ1n) is 13.2. The molecule has 1 aliphatic carbocycles.